The van der Waals surface area contributed by atoms with E-state index >= 15 is 0 Å². The van der Waals surface area contributed by atoms with Crippen LogP contribution >= 0.6 is 5.39 Å². The number of nitrogens with zero attached hydrogens (tertiary/aromatic N) is 3. The zero-order valence-electron chi connectivity index (χ0n) is 28.9. The molecule has 53 heavy (non-hydrogen) atoms. The number of benzene rings is 3. The molecular weight excluding hydrogens is 753 g/mol. The molecule has 284 valence electrons. The molecule has 19 heteroatoms. The summed E-state index contributed by atoms with van der Waals surface area (Å²) in [4.78, 5) is 69.5. The van der Waals surface area contributed by atoms with E-state index in [2.05, 4.69) is 23.5 Å². The molecule has 0 amide bonds. The molecule has 0 spiro atoms. The van der Waals surface area contributed by atoms with Crippen LogP contribution in [0.4, 0.5) is 0 Å². The first-order valence-corrected chi connectivity index (χ1v) is 20.1. The molecule has 0 aliphatic carbocycles. The Labute approximate surface area is 315 Å². The number of morpholine rings is 1. The van der Waals surface area contributed by atoms with Gasteiger partial charge in [0.05, 0.1) is 25.6 Å². The fourth-order valence-electron chi connectivity index (χ4n) is 5.16. The van der Waals surface area contributed by atoms with Crippen LogP contribution in [0.25, 0.3) is 0 Å². The van der Waals surface area contributed by atoms with Gasteiger partial charge in [0.2, 0.25) is 0 Å². The van der Waals surface area contributed by atoms with Gasteiger partial charge < -0.3 is 40.9 Å². The van der Waals surface area contributed by atoms with Crippen LogP contribution in [0.1, 0.15) is 54.6 Å². The maximum Gasteiger partial charge on any atom is 0.347 e. The molecule has 3 unspecified atom stereocenters. The summed E-state index contributed by atoms with van der Waals surface area (Å²) in [6.45, 7) is 7.18. The fourth-order valence-corrected chi connectivity index (χ4v) is 8.42. The zero-order chi connectivity index (χ0) is 38.7. The third-order valence-electron chi connectivity index (χ3n) is 7.82. The molecular formula is C34H37N3O13PS2-. The number of ether oxygens (including phenoxy) is 4. The minimum atomic E-state index is -2.52. The molecule has 3 aromatic rings. The number of carbonyl (C=O) groups excluding carboxylic acids is 3. The van der Waals surface area contributed by atoms with E-state index in [4.69, 9.17) is 43.0 Å². The van der Waals surface area contributed by atoms with Gasteiger partial charge in [-0.15, -0.1) is 32.0 Å². The highest BCUT2D eigenvalue weighted by atomic mass is 32.9. The van der Waals surface area contributed by atoms with Crippen LogP contribution in [-0.4, -0.2) is 71.8 Å². The van der Waals surface area contributed by atoms with Gasteiger partial charge in [0.15, 0.2) is 0 Å². The number of esters is 3. The van der Waals surface area contributed by atoms with Crippen LogP contribution in [0, 0.1) is 26.1 Å². The van der Waals surface area contributed by atoms with E-state index in [1.807, 2.05) is 28.9 Å². The molecule has 0 aromatic heterocycles. The van der Waals surface area contributed by atoms with Crippen molar-refractivity contribution in [2.24, 2.45) is 5.92 Å². The van der Waals surface area contributed by atoms with E-state index in [1.165, 1.54) is 18.2 Å². The van der Waals surface area contributed by atoms with Crippen LogP contribution in [0.5, 0.6) is 17.2 Å². The average Bonchev–Trinajstić information content (AvgIpc) is 3.11. The zero-order valence-corrected chi connectivity index (χ0v) is 31.5. The molecule has 1 aliphatic rings. The van der Waals surface area contributed by atoms with E-state index in [1.54, 1.807) is 19.1 Å². The van der Waals surface area contributed by atoms with Gasteiger partial charge in [-0.3, -0.25) is 14.3 Å². The second-order valence-electron chi connectivity index (χ2n) is 12.3. The number of carbonyl (C=O) groups is 3. The van der Waals surface area contributed by atoms with E-state index in [0.29, 0.717) is 43.1 Å². The highest BCUT2D eigenvalue weighted by Gasteiger charge is 2.26. The Bertz CT molecular complexity index is 1840. The second kappa shape index (κ2) is 18.9. The summed E-state index contributed by atoms with van der Waals surface area (Å²) in [5.74, 6) is -3.39. The Hall–Kier alpha value is -4.61. The third kappa shape index (κ3) is 12.2. The number of hydrogen-bond acceptors (Lipinski definition) is 15. The van der Waals surface area contributed by atoms with Gasteiger partial charge in [0.1, 0.15) is 35.5 Å². The summed E-state index contributed by atoms with van der Waals surface area (Å²) in [5.41, 5.74) is 1.48. The van der Waals surface area contributed by atoms with Gasteiger partial charge >= 0.3 is 17.9 Å². The Kier molecular flexibility index (Phi) is 14.7. The van der Waals surface area contributed by atoms with Crippen LogP contribution in [0.2, 0.25) is 0 Å². The van der Waals surface area contributed by atoms with E-state index < -0.39 is 58.5 Å². The SMILES string of the molecule is CC(C)Cc1ccc(C(C)C(=O)Oc2ccc(OC(=O)CC(CO[N+](=O)[O-])O[N+](=O)[O-])c(C(=O)Oc3ccc(P(=S)([S-])N4CCOCC4)cc3)c2)cc1. The highest BCUT2D eigenvalue weighted by molar-refractivity contribution is 8.56. The molecule has 0 N–H and O–H groups in total. The fraction of sp³-hybridized carbons (Fsp3) is 0.382. The minimum absolute atomic E-state index is 0.0772. The van der Waals surface area contributed by atoms with Crippen molar-refractivity contribution in [2.45, 2.75) is 45.6 Å². The van der Waals surface area contributed by atoms with Crippen molar-refractivity contribution in [3.8, 4) is 17.2 Å². The maximum absolute atomic E-state index is 13.6. The molecule has 1 fully saturated rings. The lowest BCUT2D eigenvalue weighted by Crippen LogP contribution is -2.35. The van der Waals surface area contributed by atoms with Crippen molar-refractivity contribution in [1.82, 2.24) is 4.67 Å². The van der Waals surface area contributed by atoms with Gasteiger partial charge in [-0.2, -0.15) is 0 Å². The van der Waals surface area contributed by atoms with E-state index in [-0.39, 0.29) is 22.8 Å². The standard InChI is InChI=1S/C34H38N3O13PS2/c1-22(2)18-24-4-6-25(7-5-24)23(3)33(39)48-27-10-13-31(49-32(38)20-28(50-37(43)44)21-46-36(41)42)30(19-27)34(40)47-26-8-11-29(12-9-26)51(52,53)35-14-16-45-17-15-35/h4-13,19,22-23,28H,14-18,20-21H2,1-3H3,(H,52,53)/p-1. The lowest BCUT2D eigenvalue weighted by Gasteiger charge is -2.43. The molecule has 16 nitrogen and oxygen atoms in total. The van der Waals surface area contributed by atoms with E-state index in [9.17, 15) is 34.6 Å². The summed E-state index contributed by atoms with van der Waals surface area (Å²) in [7, 11) is 0. The lowest BCUT2D eigenvalue weighted by atomic mass is 9.97. The molecule has 3 aromatic carbocycles. The Morgan fingerprint density at radius 2 is 1.55 bits per heavy atom. The van der Waals surface area contributed by atoms with Gasteiger partial charge in [0, 0.05) is 13.1 Å². The summed E-state index contributed by atoms with van der Waals surface area (Å²) >= 11 is 11.6. The second-order valence-corrected chi connectivity index (χ2v) is 18.2. The largest absolute Gasteiger partial charge is 0.727 e. The summed E-state index contributed by atoms with van der Waals surface area (Å²) in [5, 5.41) is 17.2. The van der Waals surface area contributed by atoms with E-state index in [0.717, 1.165) is 24.1 Å². The van der Waals surface area contributed by atoms with Crippen molar-refractivity contribution in [2.75, 3.05) is 32.9 Å². The normalized spacial score (nSPS) is 15.3. The van der Waals surface area contributed by atoms with Crippen LogP contribution in [0.3, 0.4) is 0 Å². The van der Waals surface area contributed by atoms with Gasteiger partial charge in [-0.05, 0) is 66.0 Å². The first kappa shape index (κ1) is 41.2. The van der Waals surface area contributed by atoms with Crippen LogP contribution in [0.15, 0.2) is 66.7 Å². The third-order valence-corrected chi connectivity index (χ3v) is 12.6. The quantitative estimate of drug-likeness (QED) is 0.0455. The predicted molar refractivity (Wildman–Crippen MR) is 196 cm³/mol. The van der Waals surface area contributed by atoms with Crippen molar-refractivity contribution in [3.63, 3.8) is 0 Å². The topological polar surface area (TPSA) is 196 Å². The molecule has 4 rings (SSSR count). The Balaban J connectivity index is 1.56. The summed E-state index contributed by atoms with van der Waals surface area (Å²) in [6.07, 6.45) is -1.70. The Morgan fingerprint density at radius 1 is 0.906 bits per heavy atom. The minimum Gasteiger partial charge on any atom is -0.727 e. The molecule has 0 saturated carbocycles. The van der Waals surface area contributed by atoms with Crippen LogP contribution in [-0.2, 0) is 54.5 Å². The lowest BCUT2D eigenvalue weighted by molar-refractivity contribution is -0.789. The molecule has 1 aliphatic heterocycles. The van der Waals surface area contributed by atoms with Crippen molar-refractivity contribution in [3.05, 3.63) is 104 Å². The van der Waals surface area contributed by atoms with Crippen molar-refractivity contribution >= 4 is 52.7 Å². The highest BCUT2D eigenvalue weighted by Crippen LogP contribution is 2.47. The van der Waals surface area contributed by atoms with Gasteiger partial charge in [0.25, 0.3) is 10.2 Å². The molecule has 0 bridgehead atoms. The molecule has 0 radical (unpaired) electrons. The summed E-state index contributed by atoms with van der Waals surface area (Å²) < 4.78 is 23.9. The molecule has 3 atom stereocenters. The Morgan fingerprint density at radius 3 is 2.15 bits per heavy atom. The van der Waals surface area contributed by atoms with Gasteiger partial charge in [-0.1, -0.05) is 55.6 Å². The maximum atomic E-state index is 13.6. The van der Waals surface area contributed by atoms with Crippen molar-refractivity contribution < 1.29 is 53.2 Å². The monoisotopic (exact) mass is 790 g/mol. The van der Waals surface area contributed by atoms with Crippen LogP contribution < -0.4 is 19.5 Å². The van der Waals surface area contributed by atoms with Crippen molar-refractivity contribution in [1.29, 1.82) is 0 Å². The molecule has 1 heterocycles. The molecule has 1 saturated heterocycles. The summed E-state index contributed by atoms with van der Waals surface area (Å²) in [6, 6.07) is 17.5. The average molecular weight is 791 g/mol. The first-order chi connectivity index (χ1) is 25.1. The number of rotatable bonds is 17. The number of hydrogen-bond donors (Lipinski definition) is 0. The predicted octanol–water partition coefficient (Wildman–Crippen LogP) is 4.71. The van der Waals surface area contributed by atoms with Gasteiger partial charge in [-0.25, -0.2) is 4.79 Å². The smallest absolute Gasteiger partial charge is 0.347 e. The first-order valence-electron chi connectivity index (χ1n) is 16.3.